The summed E-state index contributed by atoms with van der Waals surface area (Å²) in [4.78, 5) is 25.3. The molecule has 3 aromatic heterocycles. The smallest absolute Gasteiger partial charge is 0.216 e. The quantitative estimate of drug-likeness (QED) is 0.786. The van der Waals surface area contributed by atoms with Crippen molar-refractivity contribution < 1.29 is 9.90 Å². The Hall–Kier alpha value is -3.02. The molecular weight excluding hydrogens is 280 g/mol. The van der Waals surface area contributed by atoms with E-state index in [2.05, 4.69) is 15.0 Å². The van der Waals surface area contributed by atoms with Gasteiger partial charge in [-0.3, -0.25) is 9.36 Å². The van der Waals surface area contributed by atoms with Gasteiger partial charge in [0, 0.05) is 24.3 Å². The Morgan fingerprint density at radius 2 is 1.95 bits per heavy atom. The summed E-state index contributed by atoms with van der Waals surface area (Å²) < 4.78 is 1.66. The number of Topliss-reactive ketones (excluding diaryl/α,β-unsaturated/α-hetero) is 1. The molecule has 0 saturated heterocycles. The fourth-order valence-electron chi connectivity index (χ4n) is 2.81. The Labute approximate surface area is 125 Å². The van der Waals surface area contributed by atoms with E-state index in [4.69, 9.17) is 0 Å². The summed E-state index contributed by atoms with van der Waals surface area (Å²) in [5.41, 5.74) is 1.74. The number of aromatic hydroxyl groups is 1. The molecule has 0 saturated carbocycles. The van der Waals surface area contributed by atoms with Gasteiger partial charge in [-0.15, -0.1) is 0 Å². The SMILES string of the molecule is CCn1c(O)c(C2=Nc3ncccc3C2=O)c2cccnc21. The molecule has 22 heavy (non-hydrogen) atoms. The molecular formula is C16H12N4O2. The summed E-state index contributed by atoms with van der Waals surface area (Å²) in [6, 6.07) is 6.99. The highest BCUT2D eigenvalue weighted by Gasteiger charge is 2.32. The van der Waals surface area contributed by atoms with E-state index in [1.165, 1.54) is 0 Å². The lowest BCUT2D eigenvalue weighted by atomic mass is 10.0. The Kier molecular flexibility index (Phi) is 2.59. The molecule has 0 atom stereocenters. The Balaban J connectivity index is 2.01. The molecule has 1 aliphatic heterocycles. The number of fused-ring (bicyclic) bond motifs is 2. The molecule has 0 radical (unpaired) electrons. The predicted molar refractivity (Wildman–Crippen MR) is 81.8 cm³/mol. The third-order valence-electron chi connectivity index (χ3n) is 3.81. The maximum atomic E-state index is 12.6. The van der Waals surface area contributed by atoms with Crippen molar-refractivity contribution in [1.29, 1.82) is 0 Å². The number of rotatable bonds is 2. The minimum atomic E-state index is -0.225. The van der Waals surface area contributed by atoms with Crippen molar-refractivity contribution in [2.24, 2.45) is 4.99 Å². The summed E-state index contributed by atoms with van der Waals surface area (Å²) in [5, 5.41) is 11.2. The van der Waals surface area contributed by atoms with Crippen LogP contribution in [-0.4, -0.2) is 31.1 Å². The van der Waals surface area contributed by atoms with E-state index in [1.54, 1.807) is 35.2 Å². The first-order valence-corrected chi connectivity index (χ1v) is 6.97. The van der Waals surface area contributed by atoms with Gasteiger partial charge < -0.3 is 5.11 Å². The monoisotopic (exact) mass is 292 g/mol. The van der Waals surface area contributed by atoms with Gasteiger partial charge in [0.1, 0.15) is 11.4 Å². The Morgan fingerprint density at radius 1 is 1.18 bits per heavy atom. The molecule has 4 rings (SSSR count). The summed E-state index contributed by atoms with van der Waals surface area (Å²) in [6.45, 7) is 2.46. The maximum absolute atomic E-state index is 12.6. The van der Waals surface area contributed by atoms with Crippen molar-refractivity contribution in [3.8, 4) is 5.88 Å². The molecule has 6 heteroatoms. The van der Waals surface area contributed by atoms with Gasteiger partial charge in [-0.25, -0.2) is 15.0 Å². The minimum Gasteiger partial charge on any atom is -0.494 e. The van der Waals surface area contributed by atoms with Gasteiger partial charge in [0.15, 0.2) is 5.82 Å². The molecule has 0 aromatic carbocycles. The summed E-state index contributed by atoms with van der Waals surface area (Å²) in [5.74, 6) is 0.178. The van der Waals surface area contributed by atoms with E-state index in [1.807, 2.05) is 13.0 Å². The lowest BCUT2D eigenvalue weighted by Crippen LogP contribution is -2.11. The van der Waals surface area contributed by atoms with Crippen molar-refractivity contribution in [3.63, 3.8) is 0 Å². The Bertz CT molecular complexity index is 956. The van der Waals surface area contributed by atoms with Crippen LogP contribution in [0.2, 0.25) is 0 Å². The molecule has 1 aliphatic rings. The van der Waals surface area contributed by atoms with E-state index in [-0.39, 0.29) is 17.4 Å². The molecule has 108 valence electrons. The molecule has 0 fully saturated rings. The molecule has 0 spiro atoms. The van der Waals surface area contributed by atoms with E-state index < -0.39 is 0 Å². The van der Waals surface area contributed by atoms with E-state index >= 15 is 0 Å². The van der Waals surface area contributed by atoms with Crippen molar-refractivity contribution in [1.82, 2.24) is 14.5 Å². The van der Waals surface area contributed by atoms with Gasteiger partial charge in [0.25, 0.3) is 0 Å². The van der Waals surface area contributed by atoms with Crippen molar-refractivity contribution in [2.75, 3.05) is 0 Å². The van der Waals surface area contributed by atoms with Crippen LogP contribution >= 0.6 is 0 Å². The lowest BCUT2D eigenvalue weighted by molar-refractivity contribution is 0.107. The van der Waals surface area contributed by atoms with Crippen LogP contribution in [0.15, 0.2) is 41.7 Å². The molecule has 0 amide bonds. The number of aryl methyl sites for hydroxylation is 1. The zero-order valence-corrected chi connectivity index (χ0v) is 11.8. The molecule has 0 unspecified atom stereocenters. The number of hydrogen-bond acceptors (Lipinski definition) is 5. The van der Waals surface area contributed by atoms with Crippen LogP contribution in [0, 0.1) is 0 Å². The first-order valence-electron chi connectivity index (χ1n) is 6.97. The van der Waals surface area contributed by atoms with Crippen molar-refractivity contribution in [3.05, 3.63) is 47.8 Å². The van der Waals surface area contributed by atoms with Gasteiger partial charge in [-0.2, -0.15) is 0 Å². The number of pyridine rings is 2. The predicted octanol–water partition coefficient (Wildman–Crippen LogP) is 2.47. The van der Waals surface area contributed by atoms with E-state index in [0.29, 0.717) is 34.5 Å². The van der Waals surface area contributed by atoms with Crippen LogP contribution < -0.4 is 0 Å². The highest BCUT2D eigenvalue weighted by molar-refractivity contribution is 6.56. The highest BCUT2D eigenvalue weighted by Crippen LogP contribution is 2.35. The fourth-order valence-corrected chi connectivity index (χ4v) is 2.81. The van der Waals surface area contributed by atoms with Crippen LogP contribution in [0.1, 0.15) is 22.8 Å². The lowest BCUT2D eigenvalue weighted by Gasteiger charge is -2.01. The first kappa shape index (κ1) is 12.7. The van der Waals surface area contributed by atoms with Crippen LogP contribution in [0.25, 0.3) is 11.0 Å². The number of hydrogen-bond donors (Lipinski definition) is 1. The number of carbonyl (C=O) groups is 1. The van der Waals surface area contributed by atoms with Gasteiger partial charge in [-0.05, 0) is 31.2 Å². The largest absolute Gasteiger partial charge is 0.494 e. The molecule has 0 bridgehead atoms. The maximum Gasteiger partial charge on any atom is 0.216 e. The average Bonchev–Trinajstić information content (AvgIpc) is 3.01. The minimum absolute atomic E-state index is 0.0103. The second-order valence-electron chi connectivity index (χ2n) is 4.98. The molecule has 6 nitrogen and oxygen atoms in total. The fraction of sp³-hybridized carbons (Fsp3) is 0.125. The van der Waals surface area contributed by atoms with Gasteiger partial charge >= 0.3 is 0 Å². The van der Waals surface area contributed by atoms with Gasteiger partial charge in [-0.1, -0.05) is 0 Å². The summed E-state index contributed by atoms with van der Waals surface area (Å²) >= 11 is 0. The Morgan fingerprint density at radius 3 is 2.73 bits per heavy atom. The summed E-state index contributed by atoms with van der Waals surface area (Å²) in [6.07, 6.45) is 3.25. The van der Waals surface area contributed by atoms with E-state index in [9.17, 15) is 9.90 Å². The first-order chi connectivity index (χ1) is 10.7. The number of ketones is 1. The topological polar surface area (TPSA) is 80.4 Å². The molecule has 0 aliphatic carbocycles. The number of nitrogens with zero attached hydrogens (tertiary/aromatic N) is 4. The summed E-state index contributed by atoms with van der Waals surface area (Å²) in [7, 11) is 0. The van der Waals surface area contributed by atoms with Crippen molar-refractivity contribution >= 4 is 28.3 Å². The van der Waals surface area contributed by atoms with Gasteiger partial charge in [0.05, 0.1) is 11.1 Å². The second kappa shape index (κ2) is 4.49. The average molecular weight is 292 g/mol. The third-order valence-corrected chi connectivity index (χ3v) is 3.81. The van der Waals surface area contributed by atoms with Crippen LogP contribution in [0.4, 0.5) is 5.82 Å². The standard InChI is InChI=1S/C16H12N4O2/c1-2-20-15-9(5-3-8-18-15)11(16(20)22)12-13(21)10-6-4-7-17-14(10)19-12/h3-8,22H,2H2,1H3. The zero-order chi connectivity index (χ0) is 15.3. The third kappa shape index (κ3) is 1.54. The number of carbonyl (C=O) groups excluding carboxylic acids is 1. The van der Waals surface area contributed by atoms with Gasteiger partial charge in [0.2, 0.25) is 11.7 Å². The number of aromatic nitrogens is 3. The zero-order valence-electron chi connectivity index (χ0n) is 11.8. The van der Waals surface area contributed by atoms with Crippen LogP contribution in [0.5, 0.6) is 5.88 Å². The highest BCUT2D eigenvalue weighted by atomic mass is 16.3. The normalized spacial score (nSPS) is 13.5. The molecule has 1 N–H and O–H groups in total. The molecule has 4 heterocycles. The van der Waals surface area contributed by atoms with E-state index in [0.717, 1.165) is 0 Å². The van der Waals surface area contributed by atoms with Crippen LogP contribution in [0.3, 0.4) is 0 Å². The molecule has 3 aromatic rings. The second-order valence-corrected chi connectivity index (χ2v) is 4.98. The van der Waals surface area contributed by atoms with Crippen LogP contribution in [-0.2, 0) is 6.54 Å². The number of aliphatic imine (C=N–C) groups is 1. The van der Waals surface area contributed by atoms with Crippen molar-refractivity contribution in [2.45, 2.75) is 13.5 Å².